The van der Waals surface area contributed by atoms with Crippen LogP contribution < -0.4 is 5.32 Å². The summed E-state index contributed by atoms with van der Waals surface area (Å²) in [6, 6.07) is 11.4. The molecule has 46 heavy (non-hydrogen) atoms. The van der Waals surface area contributed by atoms with Gasteiger partial charge in [0.05, 0.1) is 47.6 Å². The second-order valence-corrected chi connectivity index (χ2v) is 14.2. The third-order valence-corrected chi connectivity index (χ3v) is 10.8. The first-order valence-corrected chi connectivity index (χ1v) is 17.6. The lowest BCUT2D eigenvalue weighted by Gasteiger charge is -2.30. The van der Waals surface area contributed by atoms with E-state index in [0.29, 0.717) is 40.0 Å². The topological polar surface area (TPSA) is 76.0 Å². The van der Waals surface area contributed by atoms with Crippen LogP contribution in [0.4, 0.5) is 5.69 Å². The van der Waals surface area contributed by atoms with Crippen molar-refractivity contribution in [3.8, 4) is 0 Å². The summed E-state index contributed by atoms with van der Waals surface area (Å²) in [5, 5.41) is 4.51. The summed E-state index contributed by atoms with van der Waals surface area (Å²) in [4.78, 5) is 31.7. The number of likely N-dealkylation sites (tertiary alicyclic amines) is 2. The molecule has 3 aliphatic rings. The Balaban J connectivity index is 1.14. The van der Waals surface area contributed by atoms with E-state index in [0.717, 1.165) is 62.2 Å². The van der Waals surface area contributed by atoms with Crippen LogP contribution in [0.5, 0.6) is 0 Å². The second kappa shape index (κ2) is 14.7. The van der Waals surface area contributed by atoms with Gasteiger partial charge >= 0.3 is 0 Å². The maximum Gasteiger partial charge on any atom is 0.257 e. The molecule has 2 aliphatic heterocycles. The number of hydrogen-bond donors (Lipinski definition) is 1. The fourth-order valence-electron chi connectivity index (χ4n) is 7.52. The van der Waals surface area contributed by atoms with Gasteiger partial charge in [-0.2, -0.15) is 0 Å². The number of nitrogens with one attached hydrogen (secondary N) is 1. The van der Waals surface area contributed by atoms with Crippen molar-refractivity contribution in [3.63, 3.8) is 0 Å². The maximum absolute atomic E-state index is 13.9. The zero-order valence-electron chi connectivity index (χ0n) is 27.1. The summed E-state index contributed by atoms with van der Waals surface area (Å²) in [5.41, 5.74) is 2.56. The Hall–Kier alpha value is -2.62. The minimum absolute atomic E-state index is 0.0106. The molecule has 248 valence electrons. The number of anilines is 1. The average molecular weight is 670 g/mol. The number of halogens is 2. The van der Waals surface area contributed by atoms with Gasteiger partial charge < -0.3 is 24.3 Å². The molecule has 3 heterocycles. The van der Waals surface area contributed by atoms with E-state index in [1.54, 1.807) is 18.3 Å². The van der Waals surface area contributed by atoms with E-state index in [-0.39, 0.29) is 42.5 Å². The molecular weight excluding hydrogens is 623 g/mol. The maximum atomic E-state index is 13.9. The molecule has 2 saturated heterocycles. The molecule has 1 saturated carbocycles. The molecule has 0 bridgehead atoms. The molecular formula is C36H46Cl2N4O4. The molecule has 3 atom stereocenters. The summed E-state index contributed by atoms with van der Waals surface area (Å²) >= 11 is 13.4. The zero-order valence-corrected chi connectivity index (χ0v) is 28.7. The summed E-state index contributed by atoms with van der Waals surface area (Å²) in [5.74, 6) is 0.502. The lowest BCUT2D eigenvalue weighted by Crippen LogP contribution is -2.41. The van der Waals surface area contributed by atoms with Gasteiger partial charge in [-0.05, 0) is 75.1 Å². The first-order valence-electron chi connectivity index (χ1n) is 16.8. The van der Waals surface area contributed by atoms with Crippen molar-refractivity contribution in [3.05, 3.63) is 63.8 Å². The predicted molar refractivity (Wildman–Crippen MR) is 184 cm³/mol. The normalized spacial score (nSPS) is 25.4. The van der Waals surface area contributed by atoms with Gasteiger partial charge in [-0.3, -0.25) is 14.5 Å². The van der Waals surface area contributed by atoms with Crippen LogP contribution in [-0.4, -0.2) is 83.3 Å². The monoisotopic (exact) mass is 668 g/mol. The smallest absolute Gasteiger partial charge is 0.257 e. The van der Waals surface area contributed by atoms with Gasteiger partial charge in [-0.25, -0.2) is 0 Å². The number of rotatable bonds is 10. The number of aryl methyl sites for hydroxylation is 1. The van der Waals surface area contributed by atoms with Gasteiger partial charge in [0, 0.05) is 61.5 Å². The Labute approximate surface area is 282 Å². The van der Waals surface area contributed by atoms with Gasteiger partial charge in [0.2, 0.25) is 5.91 Å². The van der Waals surface area contributed by atoms with Crippen LogP contribution in [-0.2, 0) is 27.7 Å². The lowest BCUT2D eigenvalue weighted by atomic mass is 9.89. The van der Waals surface area contributed by atoms with Crippen molar-refractivity contribution in [1.82, 2.24) is 14.4 Å². The Bertz CT molecular complexity index is 1550. The predicted octanol–water partition coefficient (Wildman–Crippen LogP) is 6.96. The van der Waals surface area contributed by atoms with Crippen LogP contribution >= 0.6 is 23.2 Å². The first-order chi connectivity index (χ1) is 22.2. The molecule has 0 radical (unpaired) electrons. The number of aromatic nitrogens is 1. The highest BCUT2D eigenvalue weighted by atomic mass is 35.5. The van der Waals surface area contributed by atoms with Crippen molar-refractivity contribution >= 4 is 51.6 Å². The van der Waals surface area contributed by atoms with Crippen molar-refractivity contribution in [2.45, 2.75) is 83.1 Å². The average Bonchev–Trinajstić information content (AvgIpc) is 3.77. The number of carbonyl (C=O) groups is 2. The van der Waals surface area contributed by atoms with Gasteiger partial charge in [0.15, 0.2) is 0 Å². The standard InChI is InChI=1S/C36H46Cl2N4O4/c1-4-45-28-13-14-41(20-28)25-17-26(22-46-27-11-9-23(2)10-12-27)42(19-25)35(43)16-24-15-32(38)33(18-31(24)37)39-36(44)30-21-40(3)34-8-6-5-7-29(30)34/h5-8,15,18,21,23,25-28H,4,9-14,16-17,19-20,22H2,1-3H3,(H,39,44)/t23?,25-,26-,27?,28-/m0/s1. The van der Waals surface area contributed by atoms with E-state index in [2.05, 4.69) is 17.1 Å². The van der Waals surface area contributed by atoms with E-state index in [4.69, 9.17) is 32.7 Å². The summed E-state index contributed by atoms with van der Waals surface area (Å²) in [6.07, 6.45) is 8.95. The number of para-hydroxylation sites is 1. The number of fused-ring (bicyclic) bond motifs is 1. The van der Waals surface area contributed by atoms with Crippen LogP contribution in [0.2, 0.25) is 10.0 Å². The molecule has 3 fully saturated rings. The molecule has 8 nitrogen and oxygen atoms in total. The highest BCUT2D eigenvalue weighted by Gasteiger charge is 2.40. The van der Waals surface area contributed by atoms with Gasteiger partial charge in [-0.1, -0.05) is 48.3 Å². The molecule has 2 amide bonds. The zero-order chi connectivity index (χ0) is 32.4. The van der Waals surface area contributed by atoms with E-state index in [1.807, 2.05) is 47.7 Å². The van der Waals surface area contributed by atoms with Gasteiger partial charge in [0.25, 0.3) is 5.91 Å². The SMILES string of the molecule is CCO[C@H]1CCN([C@H]2C[C@@H](COC3CCC(C)CC3)N(C(=O)Cc3cc(Cl)c(NC(=O)c4cn(C)c5ccccc45)cc3Cl)C2)C1. The van der Waals surface area contributed by atoms with Crippen molar-refractivity contribution in [2.24, 2.45) is 13.0 Å². The van der Waals surface area contributed by atoms with E-state index < -0.39 is 0 Å². The number of hydrogen-bond acceptors (Lipinski definition) is 5. The fraction of sp³-hybridized carbons (Fsp3) is 0.556. The van der Waals surface area contributed by atoms with E-state index >= 15 is 0 Å². The number of carbonyl (C=O) groups excluding carboxylic acids is 2. The molecule has 1 aromatic heterocycles. The van der Waals surface area contributed by atoms with Crippen LogP contribution in [0, 0.1) is 5.92 Å². The third kappa shape index (κ3) is 7.42. The molecule has 1 aliphatic carbocycles. The summed E-state index contributed by atoms with van der Waals surface area (Å²) < 4.78 is 14.3. The van der Waals surface area contributed by atoms with E-state index in [9.17, 15) is 9.59 Å². The number of nitrogens with zero attached hydrogens (tertiary/aromatic N) is 3. The van der Waals surface area contributed by atoms with Crippen LogP contribution in [0.3, 0.4) is 0 Å². The van der Waals surface area contributed by atoms with Crippen LogP contribution in [0.15, 0.2) is 42.6 Å². The molecule has 10 heteroatoms. The number of benzene rings is 2. The third-order valence-electron chi connectivity index (χ3n) is 10.2. The van der Waals surface area contributed by atoms with Crippen LogP contribution in [0.1, 0.15) is 68.3 Å². The molecule has 2 aromatic carbocycles. The van der Waals surface area contributed by atoms with Crippen molar-refractivity contribution in [2.75, 3.05) is 38.2 Å². The Morgan fingerprint density at radius 2 is 1.76 bits per heavy atom. The first kappa shape index (κ1) is 33.3. The number of ether oxygens (including phenoxy) is 2. The Kier molecular flexibility index (Phi) is 10.6. The molecule has 0 spiro atoms. The minimum Gasteiger partial charge on any atom is -0.377 e. The fourth-order valence-corrected chi connectivity index (χ4v) is 7.98. The largest absolute Gasteiger partial charge is 0.377 e. The summed E-state index contributed by atoms with van der Waals surface area (Å²) in [6.45, 7) is 8.18. The van der Waals surface area contributed by atoms with Gasteiger partial charge in [0.1, 0.15) is 0 Å². The summed E-state index contributed by atoms with van der Waals surface area (Å²) in [7, 11) is 1.91. The highest BCUT2D eigenvalue weighted by Crippen LogP contribution is 2.33. The van der Waals surface area contributed by atoms with Gasteiger partial charge in [-0.15, -0.1) is 0 Å². The Morgan fingerprint density at radius 1 is 0.978 bits per heavy atom. The highest BCUT2D eigenvalue weighted by molar-refractivity contribution is 6.36. The molecule has 6 rings (SSSR count). The Morgan fingerprint density at radius 3 is 2.54 bits per heavy atom. The quantitative estimate of drug-likeness (QED) is 0.253. The molecule has 1 N–H and O–H groups in total. The molecule has 0 unspecified atom stereocenters. The van der Waals surface area contributed by atoms with Crippen molar-refractivity contribution in [1.29, 1.82) is 0 Å². The molecule has 3 aromatic rings. The van der Waals surface area contributed by atoms with Crippen LogP contribution in [0.25, 0.3) is 10.9 Å². The van der Waals surface area contributed by atoms with Crippen molar-refractivity contribution < 1.29 is 19.1 Å². The van der Waals surface area contributed by atoms with E-state index in [1.165, 1.54) is 12.8 Å². The number of amides is 2. The second-order valence-electron chi connectivity index (χ2n) is 13.4. The minimum atomic E-state index is -0.273. The lowest BCUT2D eigenvalue weighted by molar-refractivity contribution is -0.133.